The number of rotatable bonds is 4. The number of methoxy groups -OCH3 is 1. The van der Waals surface area contributed by atoms with Gasteiger partial charge < -0.3 is 14.5 Å². The first-order chi connectivity index (χ1) is 14.0. The molecular formula is C24H30N2O3. The van der Waals surface area contributed by atoms with Crippen molar-refractivity contribution in [2.24, 2.45) is 17.8 Å². The highest BCUT2D eigenvalue weighted by atomic mass is 16.5. The monoisotopic (exact) mass is 394 g/mol. The average Bonchev–Trinajstić information content (AvgIpc) is 3.06. The summed E-state index contributed by atoms with van der Waals surface area (Å²) in [6.45, 7) is 5.86. The Balaban J connectivity index is 1.74. The lowest BCUT2D eigenvalue weighted by atomic mass is 9.51. The van der Waals surface area contributed by atoms with E-state index in [-0.39, 0.29) is 17.8 Å². The maximum Gasteiger partial charge on any atom is 0.319 e. The number of para-hydroxylation sites is 1. The summed E-state index contributed by atoms with van der Waals surface area (Å²) in [4.78, 5) is 31.8. The topological polar surface area (TPSA) is 62.4 Å². The molecule has 0 amide bonds. The number of carbonyl (C=O) groups is 2. The molecule has 2 unspecified atom stereocenters. The number of piperidine rings is 2. The van der Waals surface area contributed by atoms with Gasteiger partial charge in [-0.3, -0.25) is 9.69 Å². The Labute approximate surface area is 171 Å². The minimum Gasteiger partial charge on any atom is -0.468 e. The van der Waals surface area contributed by atoms with Gasteiger partial charge in [0.15, 0.2) is 0 Å². The molecule has 4 aliphatic rings. The molecule has 1 N–H and O–H groups in total. The molecule has 1 aliphatic carbocycles. The Morgan fingerprint density at radius 3 is 2.79 bits per heavy atom. The highest BCUT2D eigenvalue weighted by Crippen LogP contribution is 2.58. The van der Waals surface area contributed by atoms with Crippen molar-refractivity contribution >= 4 is 22.7 Å². The first-order valence-corrected chi connectivity index (χ1v) is 10.9. The zero-order valence-corrected chi connectivity index (χ0v) is 17.5. The number of Topliss-reactive ketones (excluding diaryl/α,β-unsaturated/α-hetero) is 1. The van der Waals surface area contributed by atoms with E-state index < -0.39 is 5.41 Å². The number of esters is 1. The average molecular weight is 395 g/mol. The van der Waals surface area contributed by atoms with Gasteiger partial charge in [-0.2, -0.15) is 0 Å². The lowest BCUT2D eigenvalue weighted by molar-refractivity contribution is -0.169. The number of H-pyrrole nitrogens is 1. The van der Waals surface area contributed by atoms with Gasteiger partial charge >= 0.3 is 5.97 Å². The minimum absolute atomic E-state index is 0.0867. The number of ketones is 1. The van der Waals surface area contributed by atoms with Crippen LogP contribution in [0.3, 0.4) is 0 Å². The SMILES string of the molecule is CC[C@H]1C(CC(C)=O)[C@H]2CN3CCc4c([nH]c5ccccc45)[C@](C(=O)OC)(C2)[C@H]13. The number of benzene rings is 1. The van der Waals surface area contributed by atoms with E-state index in [2.05, 4.69) is 35.0 Å². The van der Waals surface area contributed by atoms with Crippen LogP contribution in [0.25, 0.3) is 10.9 Å². The number of carbonyl (C=O) groups excluding carboxylic acids is 2. The molecule has 3 aliphatic heterocycles. The zero-order chi connectivity index (χ0) is 20.3. The quantitative estimate of drug-likeness (QED) is 0.807. The van der Waals surface area contributed by atoms with Gasteiger partial charge in [0.2, 0.25) is 0 Å². The van der Waals surface area contributed by atoms with Crippen LogP contribution < -0.4 is 0 Å². The van der Waals surface area contributed by atoms with Gasteiger partial charge in [-0.25, -0.2) is 0 Å². The van der Waals surface area contributed by atoms with E-state index in [1.807, 2.05) is 6.07 Å². The molecule has 1 aromatic carbocycles. The molecular weight excluding hydrogens is 364 g/mol. The van der Waals surface area contributed by atoms with Crippen molar-refractivity contribution in [3.63, 3.8) is 0 Å². The number of hydrogen-bond acceptors (Lipinski definition) is 4. The molecule has 1 saturated carbocycles. The fourth-order valence-electron chi connectivity index (χ4n) is 7.07. The van der Waals surface area contributed by atoms with Crippen LogP contribution in [0.4, 0.5) is 0 Å². The van der Waals surface area contributed by atoms with Crippen LogP contribution in [0.15, 0.2) is 24.3 Å². The number of nitrogens with one attached hydrogen (secondary N) is 1. The lowest BCUT2D eigenvalue weighted by Gasteiger charge is -2.61. The molecule has 0 spiro atoms. The predicted molar refractivity (Wildman–Crippen MR) is 112 cm³/mol. The fraction of sp³-hybridized carbons (Fsp3) is 0.583. The number of hydrogen-bond donors (Lipinski definition) is 1. The number of ether oxygens (including phenoxy) is 1. The van der Waals surface area contributed by atoms with Crippen LogP contribution in [0, 0.1) is 17.8 Å². The van der Waals surface area contributed by atoms with E-state index in [0.717, 1.165) is 43.6 Å². The van der Waals surface area contributed by atoms with Crippen molar-refractivity contribution in [1.29, 1.82) is 0 Å². The highest BCUT2D eigenvalue weighted by Gasteiger charge is 2.65. The lowest BCUT2D eigenvalue weighted by Crippen LogP contribution is -2.70. The maximum absolute atomic E-state index is 13.5. The Kier molecular flexibility index (Phi) is 4.35. The molecule has 3 fully saturated rings. The fourth-order valence-corrected chi connectivity index (χ4v) is 7.07. The van der Waals surface area contributed by atoms with Crippen molar-refractivity contribution in [2.45, 2.75) is 51.0 Å². The molecule has 154 valence electrons. The summed E-state index contributed by atoms with van der Waals surface area (Å²) in [6, 6.07) is 8.46. The molecule has 29 heavy (non-hydrogen) atoms. The Morgan fingerprint density at radius 1 is 1.28 bits per heavy atom. The summed E-state index contributed by atoms with van der Waals surface area (Å²) >= 11 is 0. The molecule has 2 saturated heterocycles. The van der Waals surface area contributed by atoms with Crippen molar-refractivity contribution in [2.75, 3.05) is 20.2 Å². The van der Waals surface area contributed by atoms with Gasteiger partial charge in [-0.05, 0) is 49.1 Å². The molecule has 6 atom stereocenters. The number of aromatic nitrogens is 1. The number of fused-ring (bicyclic) bond motifs is 4. The first-order valence-electron chi connectivity index (χ1n) is 10.9. The Hall–Kier alpha value is -2.14. The van der Waals surface area contributed by atoms with Crippen molar-refractivity contribution < 1.29 is 14.3 Å². The van der Waals surface area contributed by atoms with E-state index in [0.29, 0.717) is 24.2 Å². The van der Waals surface area contributed by atoms with Crippen LogP contribution >= 0.6 is 0 Å². The Bertz CT molecular complexity index is 980. The van der Waals surface area contributed by atoms with Gasteiger partial charge in [0.05, 0.1) is 7.11 Å². The van der Waals surface area contributed by atoms with Crippen molar-refractivity contribution in [3.8, 4) is 0 Å². The molecule has 4 heterocycles. The number of aromatic amines is 1. The third-order valence-electron chi connectivity index (χ3n) is 7.97. The van der Waals surface area contributed by atoms with Gasteiger partial charge in [-0.1, -0.05) is 31.5 Å². The Morgan fingerprint density at radius 2 is 2.07 bits per heavy atom. The van der Waals surface area contributed by atoms with Gasteiger partial charge in [0.25, 0.3) is 0 Å². The predicted octanol–water partition coefficient (Wildman–Crippen LogP) is 3.46. The van der Waals surface area contributed by atoms with Crippen LogP contribution in [-0.4, -0.2) is 47.9 Å². The molecule has 4 bridgehead atoms. The van der Waals surface area contributed by atoms with E-state index in [1.165, 1.54) is 18.1 Å². The van der Waals surface area contributed by atoms with E-state index in [9.17, 15) is 9.59 Å². The van der Waals surface area contributed by atoms with E-state index in [1.54, 1.807) is 6.92 Å². The molecule has 5 heteroatoms. The van der Waals surface area contributed by atoms with E-state index in [4.69, 9.17) is 4.74 Å². The summed E-state index contributed by atoms with van der Waals surface area (Å²) in [7, 11) is 1.52. The van der Waals surface area contributed by atoms with Crippen molar-refractivity contribution in [3.05, 3.63) is 35.5 Å². The second-order valence-electron chi connectivity index (χ2n) is 9.28. The van der Waals surface area contributed by atoms with Crippen LogP contribution in [0.5, 0.6) is 0 Å². The molecule has 2 aromatic rings. The standard InChI is InChI=1S/C24H30N2O3/c1-4-16-19(11-14(2)27)15-12-24(23(28)29-3)21-18(9-10-26(13-15)22(16)24)17-7-5-6-8-20(17)25-21/h5-8,15-16,19,22,25H,4,9-13H2,1-3H3/t15-,16+,19?,22+,24-/m1/s1. The van der Waals surface area contributed by atoms with E-state index >= 15 is 0 Å². The maximum atomic E-state index is 13.5. The molecule has 6 rings (SSSR count). The summed E-state index contributed by atoms with van der Waals surface area (Å²) in [5.41, 5.74) is 2.78. The van der Waals surface area contributed by atoms with Gasteiger partial charge in [0.1, 0.15) is 11.2 Å². The van der Waals surface area contributed by atoms with Crippen molar-refractivity contribution in [1.82, 2.24) is 9.88 Å². The first kappa shape index (κ1) is 18.9. The summed E-state index contributed by atoms with van der Waals surface area (Å²) < 4.78 is 5.48. The highest BCUT2D eigenvalue weighted by molar-refractivity contribution is 5.91. The minimum atomic E-state index is -0.670. The zero-order valence-electron chi connectivity index (χ0n) is 17.5. The third-order valence-corrected chi connectivity index (χ3v) is 7.97. The smallest absolute Gasteiger partial charge is 0.319 e. The summed E-state index contributed by atoms with van der Waals surface area (Å²) in [5.74, 6) is 1.17. The third kappa shape index (κ3) is 2.49. The summed E-state index contributed by atoms with van der Waals surface area (Å²) in [5, 5.41) is 1.23. The summed E-state index contributed by atoms with van der Waals surface area (Å²) in [6.07, 6.45) is 3.32. The van der Waals surface area contributed by atoms with Crippen LogP contribution in [0.2, 0.25) is 0 Å². The largest absolute Gasteiger partial charge is 0.468 e. The molecule has 0 radical (unpaired) electrons. The molecule has 5 nitrogen and oxygen atoms in total. The second kappa shape index (κ2) is 6.69. The van der Waals surface area contributed by atoms with Crippen LogP contribution in [0.1, 0.15) is 44.4 Å². The van der Waals surface area contributed by atoms with Gasteiger partial charge in [-0.15, -0.1) is 0 Å². The normalized spacial score (nSPS) is 35.2. The van der Waals surface area contributed by atoms with Crippen LogP contribution in [-0.2, 0) is 26.2 Å². The number of nitrogens with zero attached hydrogens (tertiary/aromatic N) is 1. The second-order valence-corrected chi connectivity index (χ2v) is 9.28. The van der Waals surface area contributed by atoms with Gasteiger partial charge in [0, 0.05) is 42.1 Å². The molecule has 1 aromatic heterocycles.